The van der Waals surface area contributed by atoms with Gasteiger partial charge in [0.15, 0.2) is 0 Å². The van der Waals surface area contributed by atoms with Gasteiger partial charge in [-0.05, 0) is 54.6 Å². The van der Waals surface area contributed by atoms with Gasteiger partial charge in [0.1, 0.15) is 5.82 Å². The zero-order valence-electron chi connectivity index (χ0n) is 17.2. The highest BCUT2D eigenvalue weighted by Crippen LogP contribution is 2.35. The van der Waals surface area contributed by atoms with Crippen LogP contribution in [0.15, 0.2) is 109 Å². The number of benzene rings is 3. The van der Waals surface area contributed by atoms with Gasteiger partial charge in [0.05, 0.1) is 27.6 Å². The Morgan fingerprint density at radius 3 is 1.88 bits per heavy atom. The van der Waals surface area contributed by atoms with E-state index in [9.17, 15) is 0 Å². The van der Waals surface area contributed by atoms with E-state index in [1.54, 1.807) is 0 Å². The molecule has 0 aliphatic carbocycles. The topological polar surface area (TPSA) is 35.6 Å². The van der Waals surface area contributed by atoms with Gasteiger partial charge in [0.2, 0.25) is 0 Å². The maximum atomic E-state index is 4.74. The van der Waals surface area contributed by atoms with Crippen LogP contribution in [0.1, 0.15) is 0 Å². The molecule has 4 aromatic heterocycles. The third-order valence-electron chi connectivity index (χ3n) is 6.22. The molecule has 0 atom stereocenters. The normalized spacial score (nSPS) is 11.8. The molecule has 0 spiro atoms. The number of fused-ring (bicyclic) bond motifs is 6. The van der Waals surface area contributed by atoms with E-state index in [1.165, 1.54) is 21.8 Å². The Hall–Kier alpha value is -4.44. The second-order valence-corrected chi connectivity index (χ2v) is 7.97. The molecule has 0 saturated carbocycles. The first-order valence-corrected chi connectivity index (χ1v) is 10.7. The minimum Gasteiger partial charge on any atom is -0.309 e. The Bertz CT molecular complexity index is 1720. The Morgan fingerprint density at radius 2 is 1.12 bits per heavy atom. The molecule has 0 radical (unpaired) electrons. The van der Waals surface area contributed by atoms with E-state index in [0.29, 0.717) is 0 Å². The molecule has 0 saturated heterocycles. The second kappa shape index (κ2) is 6.53. The van der Waals surface area contributed by atoms with Crippen molar-refractivity contribution in [2.75, 3.05) is 0 Å². The summed E-state index contributed by atoms with van der Waals surface area (Å²) in [5.41, 5.74) is 6.67. The molecule has 0 aliphatic rings. The molecule has 4 heteroatoms. The van der Waals surface area contributed by atoms with Gasteiger partial charge >= 0.3 is 0 Å². The number of hydrogen-bond donors (Lipinski definition) is 0. The van der Waals surface area contributed by atoms with Crippen molar-refractivity contribution >= 4 is 43.7 Å². The van der Waals surface area contributed by atoms with E-state index in [1.807, 2.05) is 36.7 Å². The monoisotopic (exact) mass is 410 g/mol. The summed E-state index contributed by atoms with van der Waals surface area (Å²) in [5.74, 6) is 0.894. The largest absolute Gasteiger partial charge is 0.309 e. The minimum atomic E-state index is 0.894. The average molecular weight is 410 g/mol. The molecule has 0 fully saturated rings. The van der Waals surface area contributed by atoms with Crippen molar-refractivity contribution in [2.24, 2.45) is 0 Å². The molecule has 7 rings (SSSR count). The molecular formula is C28H18N4. The van der Waals surface area contributed by atoms with Crippen LogP contribution in [0, 0.1) is 0 Å². The van der Waals surface area contributed by atoms with Crippen LogP contribution in [-0.4, -0.2) is 19.1 Å². The molecule has 0 amide bonds. The SMILES string of the molecule is c1ccc(-n2c3ccc(-n4c5ccccc5c5ccccc54)cc3c3ncccc32)nc1. The van der Waals surface area contributed by atoms with Gasteiger partial charge in [-0.2, -0.15) is 0 Å². The fraction of sp³-hybridized carbons (Fsp3) is 0. The average Bonchev–Trinajstić information content (AvgIpc) is 3.37. The second-order valence-electron chi connectivity index (χ2n) is 7.97. The van der Waals surface area contributed by atoms with Crippen molar-refractivity contribution in [3.63, 3.8) is 0 Å². The third-order valence-corrected chi connectivity index (χ3v) is 6.22. The van der Waals surface area contributed by atoms with Crippen molar-refractivity contribution in [2.45, 2.75) is 0 Å². The summed E-state index contributed by atoms with van der Waals surface area (Å²) < 4.78 is 4.53. The van der Waals surface area contributed by atoms with Gasteiger partial charge < -0.3 is 4.57 Å². The van der Waals surface area contributed by atoms with E-state index in [4.69, 9.17) is 4.98 Å². The predicted molar refractivity (Wildman–Crippen MR) is 131 cm³/mol. The maximum Gasteiger partial charge on any atom is 0.137 e. The fourth-order valence-electron chi connectivity index (χ4n) is 4.90. The summed E-state index contributed by atoms with van der Waals surface area (Å²) >= 11 is 0. The van der Waals surface area contributed by atoms with Crippen molar-refractivity contribution < 1.29 is 0 Å². The summed E-state index contributed by atoms with van der Waals surface area (Å²) in [6, 6.07) is 33.9. The van der Waals surface area contributed by atoms with Gasteiger partial charge in [-0.3, -0.25) is 9.55 Å². The van der Waals surface area contributed by atoms with Crippen LogP contribution in [-0.2, 0) is 0 Å². The Morgan fingerprint density at radius 1 is 0.469 bits per heavy atom. The summed E-state index contributed by atoms with van der Waals surface area (Å²) in [7, 11) is 0. The van der Waals surface area contributed by atoms with Gasteiger partial charge in [0.25, 0.3) is 0 Å². The molecule has 0 aliphatic heterocycles. The van der Waals surface area contributed by atoms with Crippen LogP contribution in [0.4, 0.5) is 0 Å². The summed E-state index contributed by atoms with van der Waals surface area (Å²) in [4.78, 5) is 9.35. The highest BCUT2D eigenvalue weighted by atomic mass is 15.1. The first-order chi connectivity index (χ1) is 15.9. The minimum absolute atomic E-state index is 0.894. The lowest BCUT2D eigenvalue weighted by Crippen LogP contribution is -1.97. The van der Waals surface area contributed by atoms with Crippen LogP contribution >= 0.6 is 0 Å². The zero-order chi connectivity index (χ0) is 21.1. The van der Waals surface area contributed by atoms with Crippen molar-refractivity contribution in [1.29, 1.82) is 0 Å². The molecule has 7 aromatic rings. The maximum absolute atomic E-state index is 4.74. The lowest BCUT2D eigenvalue weighted by molar-refractivity contribution is 1.08. The van der Waals surface area contributed by atoms with Crippen LogP contribution in [0.25, 0.3) is 55.2 Å². The van der Waals surface area contributed by atoms with E-state index in [-0.39, 0.29) is 0 Å². The van der Waals surface area contributed by atoms with Crippen LogP contribution in [0.2, 0.25) is 0 Å². The quantitative estimate of drug-likeness (QED) is 0.319. The van der Waals surface area contributed by atoms with Gasteiger partial charge in [-0.15, -0.1) is 0 Å². The fourth-order valence-corrected chi connectivity index (χ4v) is 4.90. The van der Waals surface area contributed by atoms with Crippen LogP contribution < -0.4 is 0 Å². The molecular weight excluding hydrogens is 392 g/mol. The van der Waals surface area contributed by atoms with E-state index in [2.05, 4.69) is 86.9 Å². The number of pyridine rings is 2. The summed E-state index contributed by atoms with van der Waals surface area (Å²) in [6.07, 6.45) is 3.69. The van der Waals surface area contributed by atoms with E-state index < -0.39 is 0 Å². The summed E-state index contributed by atoms with van der Waals surface area (Å²) in [5, 5.41) is 3.64. The number of nitrogens with zero attached hydrogens (tertiary/aromatic N) is 4. The molecule has 0 N–H and O–H groups in total. The molecule has 4 nitrogen and oxygen atoms in total. The smallest absolute Gasteiger partial charge is 0.137 e. The lowest BCUT2D eigenvalue weighted by atomic mass is 10.2. The number of aromatic nitrogens is 4. The van der Waals surface area contributed by atoms with Crippen molar-refractivity contribution in [3.05, 3.63) is 109 Å². The number of hydrogen-bond acceptors (Lipinski definition) is 2. The Balaban J connectivity index is 1.59. The standard InChI is InChI=1S/C28H18N4/c1-3-10-23-20(8-1)21-9-2-4-11-24(21)31(23)19-14-15-25-22(18-19)28-26(12-7-17-30-28)32(25)27-13-5-6-16-29-27/h1-18H. The van der Waals surface area contributed by atoms with E-state index >= 15 is 0 Å². The van der Waals surface area contributed by atoms with Gasteiger partial charge in [-0.1, -0.05) is 42.5 Å². The highest BCUT2D eigenvalue weighted by Gasteiger charge is 2.16. The van der Waals surface area contributed by atoms with Crippen molar-refractivity contribution in [3.8, 4) is 11.5 Å². The van der Waals surface area contributed by atoms with Crippen molar-refractivity contribution in [1.82, 2.24) is 19.1 Å². The van der Waals surface area contributed by atoms with Crippen LogP contribution in [0.5, 0.6) is 0 Å². The number of para-hydroxylation sites is 2. The highest BCUT2D eigenvalue weighted by molar-refractivity contribution is 6.11. The molecule has 32 heavy (non-hydrogen) atoms. The predicted octanol–water partition coefficient (Wildman–Crippen LogP) is 6.67. The molecule has 0 bridgehead atoms. The lowest BCUT2D eigenvalue weighted by Gasteiger charge is -2.09. The van der Waals surface area contributed by atoms with Gasteiger partial charge in [0, 0.05) is 34.2 Å². The summed E-state index contributed by atoms with van der Waals surface area (Å²) in [6.45, 7) is 0. The molecule has 4 heterocycles. The Kier molecular flexibility index (Phi) is 3.52. The first-order valence-electron chi connectivity index (χ1n) is 10.7. The Labute approximate surface area is 184 Å². The van der Waals surface area contributed by atoms with E-state index in [0.717, 1.165) is 33.4 Å². The molecule has 0 unspecified atom stereocenters. The molecule has 150 valence electrons. The zero-order valence-corrected chi connectivity index (χ0v) is 17.2. The third kappa shape index (κ3) is 2.32. The number of rotatable bonds is 2. The molecule has 3 aromatic carbocycles. The first kappa shape index (κ1) is 17.3. The van der Waals surface area contributed by atoms with Gasteiger partial charge in [-0.25, -0.2) is 4.98 Å². The van der Waals surface area contributed by atoms with Crippen LogP contribution in [0.3, 0.4) is 0 Å².